The second-order valence-electron chi connectivity index (χ2n) is 11.1. The van der Waals surface area contributed by atoms with E-state index in [2.05, 4.69) is 17.1 Å². The minimum absolute atomic E-state index is 0.0133. The first-order valence-electron chi connectivity index (χ1n) is 15.4. The predicted octanol–water partition coefficient (Wildman–Crippen LogP) is 7.36. The fourth-order valence-corrected chi connectivity index (χ4v) is 7.38. The van der Waals surface area contributed by atoms with E-state index in [1.165, 1.54) is 28.0 Å². The number of thioether (sulfide) groups is 1. The second-order valence-corrected chi connectivity index (χ2v) is 13.3. The Labute approximate surface area is 276 Å². The third-order valence-electron chi connectivity index (χ3n) is 7.76. The van der Waals surface area contributed by atoms with Gasteiger partial charge in [0.2, 0.25) is 5.13 Å². The highest BCUT2D eigenvalue weighted by Gasteiger charge is 2.48. The highest BCUT2D eigenvalue weighted by molar-refractivity contribution is 8.00. The molecule has 4 aromatic rings. The van der Waals surface area contributed by atoms with Crippen LogP contribution in [0.5, 0.6) is 17.2 Å². The van der Waals surface area contributed by atoms with E-state index in [0.717, 1.165) is 29.7 Å². The molecule has 46 heavy (non-hydrogen) atoms. The minimum atomic E-state index is -0.979. The van der Waals surface area contributed by atoms with Crippen LogP contribution in [0.25, 0.3) is 5.76 Å². The third-order valence-corrected chi connectivity index (χ3v) is 9.89. The summed E-state index contributed by atoms with van der Waals surface area (Å²) in [6.45, 7) is 6.87. The van der Waals surface area contributed by atoms with Crippen LogP contribution in [0.15, 0.2) is 76.6 Å². The molecule has 0 radical (unpaired) electrons. The summed E-state index contributed by atoms with van der Waals surface area (Å²) < 4.78 is 18.4. The summed E-state index contributed by atoms with van der Waals surface area (Å²) >= 11 is 2.73. The minimum Gasteiger partial charge on any atom is -0.507 e. The van der Waals surface area contributed by atoms with Crippen LogP contribution in [-0.2, 0) is 21.8 Å². The molecule has 0 spiro atoms. The standard InChI is InChI=1S/C35H35N3O6S2/c1-4-6-16-43-27-15-12-23(19-28(27)42-5-2)30-29(31(39)24-13-14-26-25(18-24)17-21(3)44-26)32(40)33(41)38(30)34-36-37-35(46-34)45-20-22-10-8-7-9-11-22/h7-15,18-19,21,30,39H,4-6,16-17,20H2,1-3H3. The maximum absolute atomic E-state index is 13.8. The maximum atomic E-state index is 13.8. The summed E-state index contributed by atoms with van der Waals surface area (Å²) in [5.41, 5.74) is 3.02. The molecule has 2 aliphatic rings. The number of aliphatic hydroxyl groups excluding tert-OH is 1. The Kier molecular flexibility index (Phi) is 9.60. The lowest BCUT2D eigenvalue weighted by molar-refractivity contribution is -0.132. The van der Waals surface area contributed by atoms with Gasteiger partial charge in [-0.3, -0.25) is 14.5 Å². The van der Waals surface area contributed by atoms with Gasteiger partial charge in [0.05, 0.1) is 24.8 Å². The number of Topliss-reactive ketones (excluding diaryl/α,β-unsaturated/α-hetero) is 1. The molecule has 3 aromatic carbocycles. The van der Waals surface area contributed by atoms with Gasteiger partial charge in [0.15, 0.2) is 15.8 Å². The predicted molar refractivity (Wildman–Crippen MR) is 179 cm³/mol. The molecule has 0 saturated carbocycles. The van der Waals surface area contributed by atoms with Crippen molar-refractivity contribution >= 4 is 45.7 Å². The van der Waals surface area contributed by atoms with Crippen molar-refractivity contribution in [2.45, 2.75) is 62.3 Å². The van der Waals surface area contributed by atoms with Crippen molar-refractivity contribution in [2.75, 3.05) is 18.1 Å². The molecule has 1 aromatic heterocycles. The average Bonchev–Trinajstić information content (AvgIpc) is 3.75. The molecular formula is C35H35N3O6S2. The van der Waals surface area contributed by atoms with E-state index in [1.807, 2.05) is 50.2 Å². The summed E-state index contributed by atoms with van der Waals surface area (Å²) in [7, 11) is 0. The van der Waals surface area contributed by atoms with Gasteiger partial charge in [0.25, 0.3) is 5.78 Å². The average molecular weight is 658 g/mol. The van der Waals surface area contributed by atoms with Gasteiger partial charge in [-0.15, -0.1) is 10.2 Å². The smallest absolute Gasteiger partial charge is 0.301 e. The van der Waals surface area contributed by atoms with E-state index in [1.54, 1.807) is 30.3 Å². The van der Waals surface area contributed by atoms with E-state index in [-0.39, 0.29) is 22.6 Å². The zero-order chi connectivity index (χ0) is 32.2. The van der Waals surface area contributed by atoms with Crippen LogP contribution >= 0.6 is 23.1 Å². The van der Waals surface area contributed by atoms with Crippen LogP contribution in [0.4, 0.5) is 5.13 Å². The summed E-state index contributed by atoms with van der Waals surface area (Å²) in [5, 5.41) is 20.7. The molecule has 9 nitrogen and oxygen atoms in total. The van der Waals surface area contributed by atoms with Crippen LogP contribution in [-0.4, -0.2) is 46.3 Å². The van der Waals surface area contributed by atoms with E-state index < -0.39 is 17.7 Å². The first-order valence-corrected chi connectivity index (χ1v) is 17.2. The Hall–Kier alpha value is -4.35. The number of carbonyl (C=O) groups is 2. The number of fused-ring (bicyclic) bond motifs is 1. The fourth-order valence-electron chi connectivity index (χ4n) is 5.56. The number of unbranched alkanes of at least 4 members (excludes halogenated alkanes) is 1. The topological polar surface area (TPSA) is 111 Å². The lowest BCUT2D eigenvalue weighted by atomic mass is 9.94. The van der Waals surface area contributed by atoms with Gasteiger partial charge in [-0.25, -0.2) is 0 Å². The highest BCUT2D eigenvalue weighted by atomic mass is 32.2. The maximum Gasteiger partial charge on any atom is 0.301 e. The number of anilines is 1. The highest BCUT2D eigenvalue weighted by Crippen LogP contribution is 2.46. The molecule has 3 heterocycles. The van der Waals surface area contributed by atoms with E-state index in [0.29, 0.717) is 52.4 Å². The number of amides is 1. The Bertz CT molecular complexity index is 1770. The number of aromatic nitrogens is 2. The van der Waals surface area contributed by atoms with Gasteiger partial charge in [-0.2, -0.15) is 0 Å². The number of hydrogen-bond acceptors (Lipinski definition) is 10. The van der Waals surface area contributed by atoms with Gasteiger partial charge < -0.3 is 19.3 Å². The largest absolute Gasteiger partial charge is 0.507 e. The molecule has 1 fully saturated rings. The Morgan fingerprint density at radius 2 is 1.87 bits per heavy atom. The molecular weight excluding hydrogens is 623 g/mol. The summed E-state index contributed by atoms with van der Waals surface area (Å²) in [6.07, 6.45) is 2.57. The summed E-state index contributed by atoms with van der Waals surface area (Å²) in [4.78, 5) is 28.9. The van der Waals surface area contributed by atoms with Crippen molar-refractivity contribution in [3.05, 3.63) is 94.6 Å². The summed E-state index contributed by atoms with van der Waals surface area (Å²) in [5.74, 6) is 0.619. The van der Waals surface area contributed by atoms with Crippen LogP contribution in [0, 0.1) is 0 Å². The first-order chi connectivity index (χ1) is 22.4. The van der Waals surface area contributed by atoms with Gasteiger partial charge >= 0.3 is 5.91 Å². The lowest BCUT2D eigenvalue weighted by Gasteiger charge is -2.23. The zero-order valence-corrected chi connectivity index (χ0v) is 27.5. The molecule has 2 aliphatic heterocycles. The molecule has 0 bridgehead atoms. The van der Waals surface area contributed by atoms with Crippen LogP contribution in [0.3, 0.4) is 0 Å². The molecule has 11 heteroatoms. The number of carbonyl (C=O) groups excluding carboxylic acids is 2. The summed E-state index contributed by atoms with van der Waals surface area (Å²) in [6, 6.07) is 19.7. The molecule has 6 rings (SSSR count). The molecule has 0 aliphatic carbocycles. The lowest BCUT2D eigenvalue weighted by Crippen LogP contribution is -2.29. The van der Waals surface area contributed by atoms with Crippen molar-refractivity contribution in [1.82, 2.24) is 10.2 Å². The molecule has 1 N–H and O–H groups in total. The van der Waals surface area contributed by atoms with Gasteiger partial charge in [-0.05, 0) is 67.3 Å². The zero-order valence-electron chi connectivity index (χ0n) is 25.9. The molecule has 238 valence electrons. The van der Waals surface area contributed by atoms with Gasteiger partial charge in [-0.1, -0.05) is 72.8 Å². The Morgan fingerprint density at radius 1 is 1.04 bits per heavy atom. The van der Waals surface area contributed by atoms with E-state index in [4.69, 9.17) is 14.2 Å². The fraction of sp³-hybridized carbons (Fsp3) is 0.314. The normalized spacial score (nSPS) is 18.5. The quantitative estimate of drug-likeness (QED) is 0.0417. The van der Waals surface area contributed by atoms with Crippen LogP contribution in [0.2, 0.25) is 0 Å². The molecule has 1 amide bonds. The van der Waals surface area contributed by atoms with Crippen molar-refractivity contribution in [1.29, 1.82) is 0 Å². The van der Waals surface area contributed by atoms with Gasteiger partial charge in [0, 0.05) is 17.7 Å². The number of ether oxygens (including phenoxy) is 3. The van der Waals surface area contributed by atoms with Crippen molar-refractivity contribution in [3.8, 4) is 17.2 Å². The SMILES string of the molecule is CCCCOc1ccc(C2C(=C(O)c3ccc4c(c3)CC(C)O4)C(=O)C(=O)N2c2nnc(SCc3ccccc3)s2)cc1OCC. The molecule has 2 unspecified atom stereocenters. The second kappa shape index (κ2) is 14.0. The number of rotatable bonds is 12. The Morgan fingerprint density at radius 3 is 2.65 bits per heavy atom. The monoisotopic (exact) mass is 657 g/mol. The van der Waals surface area contributed by atoms with Gasteiger partial charge in [0.1, 0.15) is 17.6 Å². The van der Waals surface area contributed by atoms with E-state index >= 15 is 0 Å². The third kappa shape index (κ3) is 6.47. The van der Waals surface area contributed by atoms with Crippen molar-refractivity contribution < 1.29 is 28.9 Å². The number of aliphatic hydroxyl groups is 1. The first kappa shape index (κ1) is 31.6. The van der Waals surface area contributed by atoms with Crippen LogP contribution in [0.1, 0.15) is 61.9 Å². The molecule has 1 saturated heterocycles. The number of benzene rings is 3. The number of nitrogens with zero attached hydrogens (tertiary/aromatic N) is 3. The number of hydrogen-bond donors (Lipinski definition) is 1. The molecule has 2 atom stereocenters. The number of ketones is 1. The van der Waals surface area contributed by atoms with Crippen LogP contribution < -0.4 is 19.1 Å². The van der Waals surface area contributed by atoms with Crippen molar-refractivity contribution in [2.24, 2.45) is 0 Å². The Balaban J connectivity index is 1.42. The van der Waals surface area contributed by atoms with E-state index in [9.17, 15) is 14.7 Å². The van der Waals surface area contributed by atoms with Crippen molar-refractivity contribution in [3.63, 3.8) is 0 Å².